The van der Waals surface area contributed by atoms with Gasteiger partial charge in [0.15, 0.2) is 5.96 Å². The Morgan fingerprint density at radius 2 is 1.90 bits per heavy atom. The van der Waals surface area contributed by atoms with E-state index >= 15 is 0 Å². The van der Waals surface area contributed by atoms with Crippen molar-refractivity contribution in [3.8, 4) is 0 Å². The van der Waals surface area contributed by atoms with Crippen molar-refractivity contribution in [3.05, 3.63) is 51.5 Å². The van der Waals surface area contributed by atoms with E-state index in [4.69, 9.17) is 0 Å². The van der Waals surface area contributed by atoms with Crippen LogP contribution in [-0.2, 0) is 25.9 Å². The quantitative estimate of drug-likeness (QED) is 0.500. The van der Waals surface area contributed by atoms with E-state index in [1.54, 1.807) is 11.3 Å². The highest BCUT2D eigenvalue weighted by Crippen LogP contribution is 2.13. The number of guanidine groups is 1. The molecule has 6 nitrogen and oxygen atoms in total. The first-order chi connectivity index (χ1) is 14.7. The normalized spacial score (nSPS) is 16.4. The van der Waals surface area contributed by atoms with Gasteiger partial charge in [-0.1, -0.05) is 31.2 Å². The standard InChI is InChI=1S/C23H36N6S/c1-4-21-17-26-22(30-21)10-11-25-23(24-2)27-16-19-6-8-20(9-7-19)18-29-13-5-12-28(3)14-15-29/h6-9,17H,4-5,10-16,18H2,1-3H3,(H2,24,25,27). The number of benzene rings is 1. The monoisotopic (exact) mass is 428 g/mol. The molecule has 0 aliphatic carbocycles. The number of aliphatic imine (C=N–C) groups is 1. The molecule has 0 radical (unpaired) electrons. The predicted molar refractivity (Wildman–Crippen MR) is 127 cm³/mol. The van der Waals surface area contributed by atoms with Crippen molar-refractivity contribution >= 4 is 17.3 Å². The minimum Gasteiger partial charge on any atom is -0.356 e. The van der Waals surface area contributed by atoms with Crippen LogP contribution in [0.25, 0.3) is 0 Å². The molecule has 0 unspecified atom stereocenters. The molecule has 1 aromatic carbocycles. The van der Waals surface area contributed by atoms with Gasteiger partial charge < -0.3 is 15.5 Å². The minimum absolute atomic E-state index is 0.770. The Hall–Kier alpha value is -1.96. The summed E-state index contributed by atoms with van der Waals surface area (Å²) in [5.41, 5.74) is 2.66. The van der Waals surface area contributed by atoms with E-state index in [2.05, 4.69) is 68.6 Å². The van der Waals surface area contributed by atoms with Gasteiger partial charge in [-0.25, -0.2) is 4.98 Å². The molecule has 2 heterocycles. The van der Waals surface area contributed by atoms with Crippen LogP contribution in [0, 0.1) is 0 Å². The van der Waals surface area contributed by atoms with Crippen molar-refractivity contribution in [2.75, 3.05) is 46.8 Å². The van der Waals surface area contributed by atoms with Crippen LogP contribution in [0.15, 0.2) is 35.5 Å². The van der Waals surface area contributed by atoms with Crippen LogP contribution in [0.4, 0.5) is 0 Å². The van der Waals surface area contributed by atoms with Gasteiger partial charge in [0, 0.05) is 57.3 Å². The number of nitrogens with one attached hydrogen (secondary N) is 2. The summed E-state index contributed by atoms with van der Waals surface area (Å²) in [5, 5.41) is 7.98. The third kappa shape index (κ3) is 7.38. The largest absolute Gasteiger partial charge is 0.356 e. The van der Waals surface area contributed by atoms with Gasteiger partial charge in [-0.2, -0.15) is 0 Å². The third-order valence-corrected chi connectivity index (χ3v) is 6.71. The Morgan fingerprint density at radius 1 is 1.10 bits per heavy atom. The van der Waals surface area contributed by atoms with Crippen LogP contribution in [0.1, 0.15) is 34.4 Å². The molecule has 1 fully saturated rings. The van der Waals surface area contributed by atoms with E-state index in [1.807, 2.05) is 13.2 Å². The van der Waals surface area contributed by atoms with E-state index in [0.29, 0.717) is 0 Å². The first kappa shape index (κ1) is 22.7. The number of rotatable bonds is 8. The van der Waals surface area contributed by atoms with Crippen molar-refractivity contribution in [2.24, 2.45) is 4.99 Å². The van der Waals surface area contributed by atoms with Gasteiger partial charge in [0.2, 0.25) is 0 Å². The maximum Gasteiger partial charge on any atom is 0.191 e. The fourth-order valence-corrected chi connectivity index (χ4v) is 4.46. The maximum atomic E-state index is 4.47. The summed E-state index contributed by atoms with van der Waals surface area (Å²) in [7, 11) is 4.03. The highest BCUT2D eigenvalue weighted by atomic mass is 32.1. The first-order valence-corrected chi connectivity index (χ1v) is 11.8. The topological polar surface area (TPSA) is 55.8 Å². The van der Waals surface area contributed by atoms with Gasteiger partial charge >= 0.3 is 0 Å². The van der Waals surface area contributed by atoms with Crippen LogP contribution < -0.4 is 10.6 Å². The third-order valence-electron chi connectivity index (χ3n) is 5.51. The summed E-state index contributed by atoms with van der Waals surface area (Å²) in [6.07, 6.45) is 5.23. The van der Waals surface area contributed by atoms with E-state index in [1.165, 1.54) is 40.5 Å². The summed E-state index contributed by atoms with van der Waals surface area (Å²) >= 11 is 1.80. The zero-order chi connectivity index (χ0) is 21.2. The Morgan fingerprint density at radius 3 is 2.63 bits per heavy atom. The Bertz CT molecular complexity index is 785. The lowest BCUT2D eigenvalue weighted by Crippen LogP contribution is -2.37. The van der Waals surface area contributed by atoms with E-state index < -0.39 is 0 Å². The fourth-order valence-electron chi connectivity index (χ4n) is 3.60. The average Bonchev–Trinajstić information content (AvgIpc) is 3.13. The predicted octanol–water partition coefficient (Wildman–Crippen LogP) is 2.75. The highest BCUT2D eigenvalue weighted by Gasteiger charge is 2.12. The van der Waals surface area contributed by atoms with E-state index in [-0.39, 0.29) is 0 Å². The molecule has 164 valence electrons. The van der Waals surface area contributed by atoms with Crippen molar-refractivity contribution in [2.45, 2.75) is 39.3 Å². The van der Waals surface area contributed by atoms with Crippen molar-refractivity contribution in [3.63, 3.8) is 0 Å². The molecule has 1 aliphatic rings. The second-order valence-corrected chi connectivity index (χ2v) is 9.13. The SMILES string of the molecule is CCc1cnc(CCNC(=NC)NCc2ccc(CN3CCCN(C)CC3)cc2)s1. The summed E-state index contributed by atoms with van der Waals surface area (Å²) in [6, 6.07) is 8.97. The molecule has 1 aromatic heterocycles. The lowest BCUT2D eigenvalue weighted by atomic mass is 10.1. The van der Waals surface area contributed by atoms with Crippen LogP contribution in [0.3, 0.4) is 0 Å². The average molecular weight is 429 g/mol. The zero-order valence-corrected chi connectivity index (χ0v) is 19.5. The van der Waals surface area contributed by atoms with Gasteiger partial charge in [-0.05, 0) is 44.1 Å². The molecule has 2 N–H and O–H groups in total. The molecule has 30 heavy (non-hydrogen) atoms. The Labute approximate surface area is 185 Å². The molecule has 0 spiro atoms. The van der Waals surface area contributed by atoms with E-state index in [9.17, 15) is 0 Å². The lowest BCUT2D eigenvalue weighted by molar-refractivity contribution is 0.269. The molecule has 1 saturated heterocycles. The van der Waals surface area contributed by atoms with Crippen molar-refractivity contribution in [1.29, 1.82) is 0 Å². The van der Waals surface area contributed by atoms with Crippen molar-refractivity contribution < 1.29 is 0 Å². The lowest BCUT2D eigenvalue weighted by Gasteiger charge is -2.20. The number of thiazole rings is 1. The molecule has 0 atom stereocenters. The molecule has 1 aliphatic heterocycles. The molecular formula is C23H36N6S. The van der Waals surface area contributed by atoms with Crippen LogP contribution in [0.5, 0.6) is 0 Å². The number of nitrogens with zero attached hydrogens (tertiary/aromatic N) is 4. The molecule has 2 aromatic rings. The molecule has 0 saturated carbocycles. The molecule has 3 rings (SSSR count). The van der Waals surface area contributed by atoms with Gasteiger partial charge in [0.25, 0.3) is 0 Å². The highest BCUT2D eigenvalue weighted by molar-refractivity contribution is 7.11. The number of aryl methyl sites for hydroxylation is 1. The van der Waals surface area contributed by atoms with Gasteiger partial charge in [0.1, 0.15) is 0 Å². The maximum absolute atomic E-state index is 4.47. The number of aromatic nitrogens is 1. The first-order valence-electron chi connectivity index (χ1n) is 11.0. The van der Waals surface area contributed by atoms with Crippen LogP contribution >= 0.6 is 11.3 Å². The summed E-state index contributed by atoms with van der Waals surface area (Å²) in [4.78, 5) is 15.1. The van der Waals surface area contributed by atoms with Gasteiger partial charge in [-0.15, -0.1) is 11.3 Å². The van der Waals surface area contributed by atoms with Crippen molar-refractivity contribution in [1.82, 2.24) is 25.4 Å². The summed E-state index contributed by atoms with van der Waals surface area (Å²) < 4.78 is 0. The molecule has 0 amide bonds. The summed E-state index contributed by atoms with van der Waals surface area (Å²) in [5.74, 6) is 0.833. The molecule has 7 heteroatoms. The van der Waals surface area contributed by atoms with E-state index in [0.717, 1.165) is 51.5 Å². The second kappa shape index (κ2) is 12.0. The number of hydrogen-bond donors (Lipinski definition) is 2. The van der Waals surface area contributed by atoms with Crippen LogP contribution in [-0.4, -0.2) is 67.6 Å². The molecular weight excluding hydrogens is 392 g/mol. The minimum atomic E-state index is 0.770. The number of likely N-dealkylation sites (N-methyl/N-ethyl adjacent to an activating group) is 1. The zero-order valence-electron chi connectivity index (χ0n) is 18.7. The smallest absolute Gasteiger partial charge is 0.191 e. The Kier molecular flexibility index (Phi) is 9.11. The van der Waals surface area contributed by atoms with Gasteiger partial charge in [-0.3, -0.25) is 9.89 Å². The second-order valence-electron chi connectivity index (χ2n) is 7.93. The van der Waals surface area contributed by atoms with Crippen LogP contribution in [0.2, 0.25) is 0 Å². The molecule has 0 bridgehead atoms. The summed E-state index contributed by atoms with van der Waals surface area (Å²) in [6.45, 7) is 9.53. The van der Waals surface area contributed by atoms with Gasteiger partial charge in [0.05, 0.1) is 5.01 Å². The number of hydrogen-bond acceptors (Lipinski definition) is 5. The fraction of sp³-hybridized carbons (Fsp3) is 0.565. The Balaban J connectivity index is 1.39.